The van der Waals surface area contributed by atoms with Crippen molar-refractivity contribution in [2.75, 3.05) is 7.11 Å². The molecule has 0 radical (unpaired) electrons. The fraction of sp³-hybridized carbons (Fsp3) is 0.286. The molecule has 2 aromatic carbocycles. The molecular formula is C21H17F4NO2. The van der Waals surface area contributed by atoms with Crippen molar-refractivity contribution in [1.82, 2.24) is 4.57 Å². The van der Waals surface area contributed by atoms with Crippen molar-refractivity contribution in [1.29, 1.82) is 0 Å². The first-order valence-electron chi connectivity index (χ1n) is 8.85. The van der Waals surface area contributed by atoms with E-state index in [-0.39, 0.29) is 18.0 Å². The van der Waals surface area contributed by atoms with E-state index in [2.05, 4.69) is 4.57 Å². The standard InChI is InChI=1S/C21H17F4NO2/c1-28-20(27)13-3-7-19-14(8-13)10-17(26(19)16-5-6-16)9-12-2-4-15(11-18(12)22)21(23,24)25/h2-4,7-8,10-11,16H,5-6,9H2,1H3. The van der Waals surface area contributed by atoms with Crippen LogP contribution in [0.4, 0.5) is 17.6 Å². The van der Waals surface area contributed by atoms with E-state index in [0.717, 1.165) is 35.5 Å². The predicted molar refractivity (Wildman–Crippen MR) is 95.8 cm³/mol. The number of rotatable bonds is 4. The first-order chi connectivity index (χ1) is 13.3. The number of alkyl halides is 3. The minimum absolute atomic E-state index is 0.169. The number of esters is 1. The Labute approximate surface area is 158 Å². The van der Waals surface area contributed by atoms with Crippen LogP contribution in [0.3, 0.4) is 0 Å². The van der Waals surface area contributed by atoms with Crippen LogP contribution >= 0.6 is 0 Å². The molecule has 3 nitrogen and oxygen atoms in total. The number of hydrogen-bond donors (Lipinski definition) is 0. The maximum atomic E-state index is 14.3. The van der Waals surface area contributed by atoms with Crippen molar-refractivity contribution in [3.05, 3.63) is 70.7 Å². The van der Waals surface area contributed by atoms with Gasteiger partial charge in [-0.1, -0.05) is 6.07 Å². The molecular weight excluding hydrogens is 374 g/mol. The van der Waals surface area contributed by atoms with Crippen LogP contribution in [0.15, 0.2) is 42.5 Å². The Balaban J connectivity index is 1.74. The minimum atomic E-state index is -4.58. The molecule has 146 valence electrons. The van der Waals surface area contributed by atoms with Crippen molar-refractivity contribution in [3.8, 4) is 0 Å². The molecule has 0 atom stereocenters. The Hall–Kier alpha value is -2.83. The Morgan fingerprint density at radius 3 is 2.50 bits per heavy atom. The van der Waals surface area contributed by atoms with Gasteiger partial charge in [-0.05, 0) is 54.8 Å². The molecule has 28 heavy (non-hydrogen) atoms. The summed E-state index contributed by atoms with van der Waals surface area (Å²) in [5.41, 5.74) is 1.33. The van der Waals surface area contributed by atoms with Gasteiger partial charge in [0.05, 0.1) is 18.2 Å². The maximum Gasteiger partial charge on any atom is 0.416 e. The van der Waals surface area contributed by atoms with Crippen molar-refractivity contribution < 1.29 is 27.1 Å². The van der Waals surface area contributed by atoms with Crippen LogP contribution in [0.5, 0.6) is 0 Å². The Kier molecular flexibility index (Phi) is 4.40. The van der Waals surface area contributed by atoms with E-state index < -0.39 is 23.5 Å². The van der Waals surface area contributed by atoms with Crippen LogP contribution < -0.4 is 0 Å². The van der Waals surface area contributed by atoms with Crippen molar-refractivity contribution in [3.63, 3.8) is 0 Å². The number of nitrogens with zero attached hydrogens (tertiary/aromatic N) is 1. The summed E-state index contributed by atoms with van der Waals surface area (Å²) in [5.74, 6) is -1.32. The van der Waals surface area contributed by atoms with E-state index in [1.807, 2.05) is 12.1 Å². The van der Waals surface area contributed by atoms with E-state index in [1.165, 1.54) is 13.2 Å². The minimum Gasteiger partial charge on any atom is -0.465 e. The van der Waals surface area contributed by atoms with E-state index in [0.29, 0.717) is 11.6 Å². The average molecular weight is 391 g/mol. The summed E-state index contributed by atoms with van der Waals surface area (Å²) in [6.45, 7) is 0. The lowest BCUT2D eigenvalue weighted by atomic mass is 10.1. The van der Waals surface area contributed by atoms with Crippen LogP contribution in [-0.4, -0.2) is 17.6 Å². The third-order valence-electron chi connectivity index (χ3n) is 5.00. The zero-order chi connectivity index (χ0) is 20.1. The molecule has 1 heterocycles. The number of hydrogen-bond acceptors (Lipinski definition) is 2. The zero-order valence-electron chi connectivity index (χ0n) is 15.0. The zero-order valence-corrected chi connectivity index (χ0v) is 15.0. The van der Waals surface area contributed by atoms with Crippen LogP contribution in [0.1, 0.15) is 46.1 Å². The molecule has 1 aromatic heterocycles. The van der Waals surface area contributed by atoms with E-state index in [9.17, 15) is 22.4 Å². The van der Waals surface area contributed by atoms with E-state index >= 15 is 0 Å². The first-order valence-corrected chi connectivity index (χ1v) is 8.85. The van der Waals surface area contributed by atoms with Gasteiger partial charge in [0.25, 0.3) is 0 Å². The van der Waals surface area contributed by atoms with E-state index in [1.54, 1.807) is 12.1 Å². The van der Waals surface area contributed by atoms with Crippen LogP contribution in [0.25, 0.3) is 10.9 Å². The molecule has 0 spiro atoms. The molecule has 3 aromatic rings. The van der Waals surface area contributed by atoms with Gasteiger partial charge in [-0.25, -0.2) is 9.18 Å². The smallest absolute Gasteiger partial charge is 0.416 e. The largest absolute Gasteiger partial charge is 0.465 e. The van der Waals surface area contributed by atoms with Crippen LogP contribution in [0.2, 0.25) is 0 Å². The quantitative estimate of drug-likeness (QED) is 0.434. The molecule has 1 aliphatic carbocycles. The van der Waals surface area contributed by atoms with Gasteiger partial charge in [-0.3, -0.25) is 0 Å². The Morgan fingerprint density at radius 2 is 1.89 bits per heavy atom. The number of carbonyl (C=O) groups is 1. The molecule has 0 N–H and O–H groups in total. The highest BCUT2D eigenvalue weighted by Gasteiger charge is 2.32. The highest BCUT2D eigenvalue weighted by Crippen LogP contribution is 2.40. The molecule has 0 bridgehead atoms. The number of ether oxygens (including phenoxy) is 1. The molecule has 1 aliphatic rings. The van der Waals surface area contributed by atoms with Gasteiger partial charge in [-0.15, -0.1) is 0 Å². The Morgan fingerprint density at radius 1 is 1.14 bits per heavy atom. The average Bonchev–Trinajstić information content (AvgIpc) is 3.42. The highest BCUT2D eigenvalue weighted by atomic mass is 19.4. The van der Waals surface area contributed by atoms with Gasteiger partial charge in [0.1, 0.15) is 5.82 Å². The summed E-state index contributed by atoms with van der Waals surface area (Å²) in [5, 5.41) is 0.817. The summed E-state index contributed by atoms with van der Waals surface area (Å²) in [4.78, 5) is 11.8. The van der Waals surface area contributed by atoms with Crippen molar-refractivity contribution >= 4 is 16.9 Å². The highest BCUT2D eigenvalue weighted by molar-refractivity contribution is 5.95. The number of benzene rings is 2. The van der Waals surface area contributed by atoms with Gasteiger partial charge in [0.15, 0.2) is 0 Å². The van der Waals surface area contributed by atoms with Crippen LogP contribution in [-0.2, 0) is 17.3 Å². The lowest BCUT2D eigenvalue weighted by Gasteiger charge is -2.12. The lowest BCUT2D eigenvalue weighted by molar-refractivity contribution is -0.137. The number of carbonyl (C=O) groups excluding carboxylic acids is 1. The Bertz CT molecular complexity index is 1060. The molecule has 0 aliphatic heterocycles. The molecule has 4 rings (SSSR count). The molecule has 1 saturated carbocycles. The second kappa shape index (κ2) is 6.65. The summed E-state index contributed by atoms with van der Waals surface area (Å²) in [6.07, 6.45) is -2.43. The maximum absolute atomic E-state index is 14.3. The predicted octanol–water partition coefficient (Wildman–Crippen LogP) is 5.51. The molecule has 1 fully saturated rings. The fourth-order valence-corrected chi connectivity index (χ4v) is 3.50. The first kappa shape index (κ1) is 18.5. The number of fused-ring (bicyclic) bond motifs is 1. The topological polar surface area (TPSA) is 31.2 Å². The lowest BCUT2D eigenvalue weighted by Crippen LogP contribution is -2.07. The van der Waals surface area contributed by atoms with Crippen molar-refractivity contribution in [2.24, 2.45) is 0 Å². The summed E-state index contributed by atoms with van der Waals surface area (Å²) in [7, 11) is 1.31. The second-order valence-electron chi connectivity index (χ2n) is 6.98. The van der Waals surface area contributed by atoms with E-state index in [4.69, 9.17) is 4.74 Å². The van der Waals surface area contributed by atoms with Gasteiger partial charge in [-0.2, -0.15) is 13.2 Å². The van der Waals surface area contributed by atoms with Gasteiger partial charge < -0.3 is 9.30 Å². The molecule has 0 unspecified atom stereocenters. The third kappa shape index (κ3) is 3.37. The second-order valence-corrected chi connectivity index (χ2v) is 6.98. The SMILES string of the molecule is COC(=O)c1ccc2c(c1)cc(Cc1ccc(C(F)(F)F)cc1F)n2C1CC1. The van der Waals surface area contributed by atoms with Gasteiger partial charge in [0.2, 0.25) is 0 Å². The number of halogens is 4. The fourth-order valence-electron chi connectivity index (χ4n) is 3.50. The summed E-state index contributed by atoms with van der Waals surface area (Å²) in [6, 6.07) is 9.99. The third-order valence-corrected chi connectivity index (χ3v) is 5.00. The number of aromatic nitrogens is 1. The number of methoxy groups -OCH3 is 1. The summed E-state index contributed by atoms with van der Waals surface area (Å²) < 4.78 is 59.5. The van der Waals surface area contributed by atoms with Crippen molar-refractivity contribution in [2.45, 2.75) is 31.5 Å². The van der Waals surface area contributed by atoms with Gasteiger partial charge in [0, 0.05) is 29.1 Å². The normalized spacial score (nSPS) is 14.5. The monoisotopic (exact) mass is 391 g/mol. The van der Waals surface area contributed by atoms with Gasteiger partial charge >= 0.3 is 12.1 Å². The molecule has 0 amide bonds. The molecule has 0 saturated heterocycles. The molecule has 7 heteroatoms. The van der Waals surface area contributed by atoms with Crippen LogP contribution in [0, 0.1) is 5.82 Å². The summed E-state index contributed by atoms with van der Waals surface area (Å²) >= 11 is 0.